The Labute approximate surface area is 205 Å². The first kappa shape index (κ1) is 29.4. The minimum atomic E-state index is -4.27. The van der Waals surface area contributed by atoms with Gasteiger partial charge in [0, 0.05) is 0 Å². The number of hydrogen-bond donors (Lipinski definition) is 4. The first-order chi connectivity index (χ1) is 16.1. The van der Waals surface area contributed by atoms with Crippen molar-refractivity contribution < 1.29 is 37.0 Å². The number of carbonyl (C=O) groups is 2. The molecule has 1 amide bonds. The van der Waals surface area contributed by atoms with E-state index in [1.165, 1.54) is 19.1 Å². The molecule has 6 N–H and O–H groups in total. The lowest BCUT2D eigenvalue weighted by Crippen LogP contribution is -2.76. The van der Waals surface area contributed by atoms with Gasteiger partial charge in [0.1, 0.15) is 27.5 Å². The summed E-state index contributed by atoms with van der Waals surface area (Å²) < 4.78 is 41.5. The number of alkyl carbamates (subject to hydrolysis) is 1. The Morgan fingerprint density at radius 2 is 1.60 bits per heavy atom. The van der Waals surface area contributed by atoms with Gasteiger partial charge in [0.15, 0.2) is 0 Å². The van der Waals surface area contributed by atoms with Crippen molar-refractivity contribution in [3.63, 3.8) is 0 Å². The lowest BCUT2D eigenvalue weighted by molar-refractivity contribution is -0.477. The van der Waals surface area contributed by atoms with Crippen LogP contribution in [0.2, 0.25) is 0 Å². The molecule has 2 aromatic carbocycles. The molecule has 0 radical (unpaired) electrons. The summed E-state index contributed by atoms with van der Waals surface area (Å²) in [5.74, 6) is -0.0925. The van der Waals surface area contributed by atoms with Crippen LogP contribution < -0.4 is 26.5 Å². The second-order valence-corrected chi connectivity index (χ2v) is 9.89. The summed E-state index contributed by atoms with van der Waals surface area (Å²) in [6, 6.07) is 11.8. The second-order valence-electron chi connectivity index (χ2n) is 8.51. The molecule has 0 aliphatic rings. The molecular formula is C23H32N4O7S. The highest BCUT2D eigenvalue weighted by Gasteiger charge is 2.22. The number of esters is 1. The van der Waals surface area contributed by atoms with E-state index < -0.39 is 33.8 Å². The number of amides is 1. The minimum Gasteiger partial charge on any atom is -0.744 e. The quantitative estimate of drug-likeness (QED) is 0.139. The van der Waals surface area contributed by atoms with E-state index in [1.54, 1.807) is 57.2 Å². The molecule has 2 rings (SSSR count). The largest absolute Gasteiger partial charge is 0.744 e. The van der Waals surface area contributed by atoms with Crippen molar-refractivity contribution in [1.29, 1.82) is 0 Å². The molecule has 11 nitrogen and oxygen atoms in total. The van der Waals surface area contributed by atoms with Crippen molar-refractivity contribution in [2.45, 2.75) is 57.7 Å². The Morgan fingerprint density at radius 3 is 2.06 bits per heavy atom. The summed E-state index contributed by atoms with van der Waals surface area (Å²) in [7, 11) is -4.27. The zero-order valence-electron chi connectivity index (χ0n) is 20.3. The van der Waals surface area contributed by atoms with Crippen molar-refractivity contribution in [1.82, 2.24) is 5.32 Å². The summed E-state index contributed by atoms with van der Waals surface area (Å²) in [6.07, 6.45) is -0.677. The van der Waals surface area contributed by atoms with Crippen LogP contribution in [0.15, 0.2) is 53.4 Å². The van der Waals surface area contributed by atoms with Gasteiger partial charge in [-0.15, -0.1) is 0 Å². The Kier molecular flexibility index (Phi) is 10.7. The number of aryl methyl sites for hydroxylation is 1. The highest BCUT2D eigenvalue weighted by molar-refractivity contribution is 7.85. The van der Waals surface area contributed by atoms with Crippen LogP contribution in [0.5, 0.6) is 5.75 Å². The van der Waals surface area contributed by atoms with Crippen LogP contribution in [0.3, 0.4) is 0 Å². The van der Waals surface area contributed by atoms with Gasteiger partial charge < -0.3 is 19.3 Å². The van der Waals surface area contributed by atoms with Gasteiger partial charge >= 0.3 is 18.0 Å². The summed E-state index contributed by atoms with van der Waals surface area (Å²) in [5.41, 5.74) is 11.8. The van der Waals surface area contributed by atoms with Gasteiger partial charge in [0.05, 0.1) is 11.4 Å². The maximum Gasteiger partial charge on any atom is 0.408 e. The van der Waals surface area contributed by atoms with E-state index in [1.807, 2.05) is 6.92 Å². The molecule has 35 heavy (non-hydrogen) atoms. The summed E-state index contributed by atoms with van der Waals surface area (Å²) in [6.45, 7) is 9.02. The molecule has 2 aromatic rings. The van der Waals surface area contributed by atoms with Crippen LogP contribution in [-0.4, -0.2) is 42.6 Å². The van der Waals surface area contributed by atoms with Crippen LogP contribution in [0.25, 0.3) is 0 Å². The topological polar surface area (TPSA) is 188 Å². The van der Waals surface area contributed by atoms with Gasteiger partial charge in [-0.3, -0.25) is 16.5 Å². The number of rotatable bonds is 6. The normalized spacial score (nSPS) is 11.8. The molecule has 0 aliphatic carbocycles. The first-order valence-electron chi connectivity index (χ1n) is 10.5. The van der Waals surface area contributed by atoms with Crippen LogP contribution in [0.4, 0.5) is 4.79 Å². The molecule has 0 saturated carbocycles. The number of nitrogens with one attached hydrogen (secondary N) is 2. The zero-order chi connectivity index (χ0) is 26.8. The second kappa shape index (κ2) is 12.7. The third kappa shape index (κ3) is 12.4. The molecule has 0 aromatic heterocycles. The number of ether oxygens (including phenoxy) is 2. The zero-order valence-corrected chi connectivity index (χ0v) is 21.1. The predicted molar refractivity (Wildman–Crippen MR) is 128 cm³/mol. The van der Waals surface area contributed by atoms with Crippen LogP contribution in [0.1, 0.15) is 38.8 Å². The minimum absolute atomic E-state index is 0.132. The van der Waals surface area contributed by atoms with Crippen LogP contribution in [0, 0.1) is 6.92 Å². The average molecular weight is 509 g/mol. The third-order valence-electron chi connectivity index (χ3n) is 4.03. The van der Waals surface area contributed by atoms with E-state index in [4.69, 9.17) is 20.9 Å². The van der Waals surface area contributed by atoms with Gasteiger partial charge in [0.2, 0.25) is 0 Å². The average Bonchev–Trinajstić information content (AvgIpc) is 2.72. The maximum absolute atomic E-state index is 12.0. The standard InChI is InChI=1S/C16H24N4O4.C7H8O3S/c1-10(20-15(22)24-16(2,3)4)13(21)23-12-7-5-11(6-8-12)9-19-14(17)18;1-6-2-4-7(5-3-6)11(8,9)10/h5-8,10H,9H2,1-4H3,(H,20,22)(H4,17,18,19);2-5H,1H3,(H,8,9,10)/t10-;/m1./s1. The molecule has 0 fully saturated rings. The van der Waals surface area contributed by atoms with Gasteiger partial charge in [-0.1, -0.05) is 29.8 Å². The molecule has 0 bridgehead atoms. The van der Waals surface area contributed by atoms with Gasteiger partial charge in [-0.25, -0.2) is 18.0 Å². The fourth-order valence-electron chi connectivity index (χ4n) is 2.33. The van der Waals surface area contributed by atoms with E-state index >= 15 is 0 Å². The molecule has 0 heterocycles. The van der Waals surface area contributed by atoms with Crippen molar-refractivity contribution >= 4 is 28.1 Å². The van der Waals surface area contributed by atoms with E-state index in [0.717, 1.165) is 11.1 Å². The summed E-state index contributed by atoms with van der Waals surface area (Å²) in [4.78, 5) is 26.2. The van der Waals surface area contributed by atoms with Crippen molar-refractivity contribution in [2.75, 3.05) is 0 Å². The molecule has 12 heteroatoms. The smallest absolute Gasteiger partial charge is 0.408 e. The van der Waals surface area contributed by atoms with Crippen molar-refractivity contribution in [3.05, 3.63) is 59.7 Å². The molecule has 0 unspecified atom stereocenters. The molecular weight excluding hydrogens is 476 g/mol. The maximum atomic E-state index is 12.0. The van der Waals surface area contributed by atoms with E-state index in [0.29, 0.717) is 12.3 Å². The summed E-state index contributed by atoms with van der Waals surface area (Å²) >= 11 is 0. The number of guanidine groups is 1. The molecule has 0 aliphatic heterocycles. The first-order valence-corrected chi connectivity index (χ1v) is 11.9. The molecule has 192 valence electrons. The molecule has 0 spiro atoms. The fourth-order valence-corrected chi connectivity index (χ4v) is 2.80. The van der Waals surface area contributed by atoms with Crippen LogP contribution >= 0.6 is 0 Å². The predicted octanol–water partition coefficient (Wildman–Crippen LogP) is 0.258. The lowest BCUT2D eigenvalue weighted by atomic mass is 10.2. The number of hydrogen-bond acceptors (Lipinski definition) is 7. The summed E-state index contributed by atoms with van der Waals surface area (Å²) in [5, 5.41) is 2.42. The number of benzene rings is 2. The highest BCUT2D eigenvalue weighted by Crippen LogP contribution is 2.13. The third-order valence-corrected chi connectivity index (χ3v) is 4.88. The van der Waals surface area contributed by atoms with E-state index in [-0.39, 0.29) is 10.9 Å². The van der Waals surface area contributed by atoms with E-state index in [9.17, 15) is 22.6 Å². The van der Waals surface area contributed by atoms with Gasteiger partial charge in [-0.2, -0.15) is 0 Å². The van der Waals surface area contributed by atoms with Crippen LogP contribution in [-0.2, 0) is 26.2 Å². The van der Waals surface area contributed by atoms with E-state index in [2.05, 4.69) is 10.3 Å². The Hall–Kier alpha value is -3.64. The highest BCUT2D eigenvalue weighted by atomic mass is 32.2. The number of carbonyl (C=O) groups excluding carboxylic acids is 2. The van der Waals surface area contributed by atoms with Crippen molar-refractivity contribution in [3.8, 4) is 5.75 Å². The number of nitrogens with two attached hydrogens (primary N) is 2. The SMILES string of the molecule is C[C@@H](NC(=O)OC(C)(C)C)C(=O)Oc1ccc(C[NH+]=C(N)N)cc1.Cc1ccc(S(=O)(=O)[O-])cc1. The monoisotopic (exact) mass is 508 g/mol. The van der Waals surface area contributed by atoms with Crippen molar-refractivity contribution in [2.24, 2.45) is 11.5 Å². The van der Waals surface area contributed by atoms with Gasteiger partial charge in [0.25, 0.3) is 0 Å². The Bertz CT molecular complexity index is 1120. The van der Waals surface area contributed by atoms with Gasteiger partial charge in [-0.05, 0) is 64.4 Å². The molecule has 0 saturated heterocycles. The Balaban J connectivity index is 0.000000462. The lowest BCUT2D eigenvalue weighted by Gasteiger charge is -2.21. The Morgan fingerprint density at radius 1 is 1.06 bits per heavy atom. The fraction of sp³-hybridized carbons (Fsp3) is 0.348. The molecule has 1 atom stereocenters.